The molecule has 0 unspecified atom stereocenters. The molecular weight excluding hydrogens is 364 g/mol. The summed E-state index contributed by atoms with van der Waals surface area (Å²) < 4.78 is 0. The fourth-order valence-electron chi connectivity index (χ4n) is 4.09. The second-order valence-electron chi connectivity index (χ2n) is 7.96. The first-order valence-corrected chi connectivity index (χ1v) is 10.0. The number of H-pyrrole nitrogens is 1. The highest BCUT2D eigenvalue weighted by Crippen LogP contribution is 2.23. The molecule has 6 nitrogen and oxygen atoms in total. The molecule has 0 aliphatic carbocycles. The summed E-state index contributed by atoms with van der Waals surface area (Å²) in [7, 11) is 0. The topological polar surface area (TPSA) is 78.1 Å². The number of pyridine rings is 1. The molecule has 2 N–H and O–H groups in total. The Hall–Kier alpha value is -3.15. The average molecular weight is 390 g/mol. The summed E-state index contributed by atoms with van der Waals surface area (Å²) in [6.07, 6.45) is 6.50. The zero-order chi connectivity index (χ0) is 20.4. The van der Waals surface area contributed by atoms with Crippen molar-refractivity contribution in [3.05, 3.63) is 65.6 Å². The van der Waals surface area contributed by atoms with Crippen molar-refractivity contribution in [2.75, 3.05) is 6.54 Å². The molecular formula is C23H26N4O2. The fraction of sp³-hybridized carbons (Fsp3) is 0.348. The molecule has 0 bridgehead atoms. The molecule has 2 amide bonds. The summed E-state index contributed by atoms with van der Waals surface area (Å²) in [4.78, 5) is 34.2. The van der Waals surface area contributed by atoms with Crippen LogP contribution in [0.1, 0.15) is 30.0 Å². The number of carbonyl (C=O) groups excluding carboxylic acids is 2. The number of aryl methyl sites for hydroxylation is 1. The van der Waals surface area contributed by atoms with Crippen LogP contribution in [0.5, 0.6) is 0 Å². The highest BCUT2D eigenvalue weighted by atomic mass is 16.2. The number of benzene rings is 1. The molecule has 0 radical (unpaired) electrons. The van der Waals surface area contributed by atoms with E-state index in [4.69, 9.17) is 0 Å². The minimum absolute atomic E-state index is 0.00973. The van der Waals surface area contributed by atoms with Crippen molar-refractivity contribution < 1.29 is 9.59 Å². The number of amides is 2. The lowest BCUT2D eigenvalue weighted by Crippen LogP contribution is -2.39. The van der Waals surface area contributed by atoms with Gasteiger partial charge in [0.15, 0.2) is 0 Å². The normalized spacial score (nSPS) is 17.7. The number of hydrogen-bond donors (Lipinski definition) is 2. The summed E-state index contributed by atoms with van der Waals surface area (Å²) in [6.45, 7) is 5.05. The van der Waals surface area contributed by atoms with Gasteiger partial charge in [0, 0.05) is 55.0 Å². The van der Waals surface area contributed by atoms with Crippen molar-refractivity contribution in [1.82, 2.24) is 20.2 Å². The minimum Gasteiger partial charge on any atom is -0.361 e. The molecule has 1 aliphatic heterocycles. The van der Waals surface area contributed by atoms with Gasteiger partial charge < -0.3 is 15.2 Å². The van der Waals surface area contributed by atoms with Crippen LogP contribution >= 0.6 is 0 Å². The summed E-state index contributed by atoms with van der Waals surface area (Å²) in [5.41, 5.74) is 4.53. The standard InChI is InChI=1S/C23H26N4O2/c1-15-5-3-7-20-18(12-25-22(15)20)9-16(2)26-23(29)19-10-21(28)27(14-19)13-17-6-4-8-24-11-17/h3-8,11-12,16,19,25H,9-10,13-14H2,1-2H3,(H,26,29)/t16-,19-/m0/s1. The summed E-state index contributed by atoms with van der Waals surface area (Å²) in [6, 6.07) is 10.0. The summed E-state index contributed by atoms with van der Waals surface area (Å²) in [5.74, 6) is -0.323. The predicted molar refractivity (Wildman–Crippen MR) is 112 cm³/mol. The number of aromatic amines is 1. The van der Waals surface area contributed by atoms with E-state index in [0.29, 0.717) is 13.1 Å². The van der Waals surface area contributed by atoms with E-state index >= 15 is 0 Å². The average Bonchev–Trinajstić information content (AvgIpc) is 3.27. The first-order chi connectivity index (χ1) is 14.0. The molecule has 1 aromatic carbocycles. The molecule has 1 saturated heterocycles. The van der Waals surface area contributed by atoms with Crippen LogP contribution in [-0.2, 0) is 22.6 Å². The lowest BCUT2D eigenvalue weighted by molar-refractivity contribution is -0.129. The van der Waals surface area contributed by atoms with E-state index in [1.165, 1.54) is 16.5 Å². The zero-order valence-electron chi connectivity index (χ0n) is 16.8. The van der Waals surface area contributed by atoms with E-state index in [-0.39, 0.29) is 30.2 Å². The van der Waals surface area contributed by atoms with Crippen LogP contribution in [0.2, 0.25) is 0 Å². The predicted octanol–water partition coefficient (Wildman–Crippen LogP) is 2.97. The SMILES string of the molecule is Cc1cccc2c(C[C@H](C)NC(=O)[C@H]3CC(=O)N(Cc4cccnc4)C3)c[nH]c12. The van der Waals surface area contributed by atoms with Crippen LogP contribution in [0, 0.1) is 12.8 Å². The van der Waals surface area contributed by atoms with Gasteiger partial charge in [0.1, 0.15) is 0 Å². The molecule has 0 saturated carbocycles. The molecule has 1 aliphatic rings. The van der Waals surface area contributed by atoms with Gasteiger partial charge in [-0.15, -0.1) is 0 Å². The van der Waals surface area contributed by atoms with Crippen molar-refractivity contribution in [3.8, 4) is 0 Å². The molecule has 4 rings (SSSR count). The smallest absolute Gasteiger partial charge is 0.225 e. The van der Waals surface area contributed by atoms with Crippen molar-refractivity contribution in [1.29, 1.82) is 0 Å². The number of para-hydroxylation sites is 1. The van der Waals surface area contributed by atoms with E-state index in [0.717, 1.165) is 17.5 Å². The van der Waals surface area contributed by atoms with Gasteiger partial charge in [-0.1, -0.05) is 24.3 Å². The van der Waals surface area contributed by atoms with Gasteiger partial charge in [-0.2, -0.15) is 0 Å². The van der Waals surface area contributed by atoms with Crippen molar-refractivity contribution in [2.24, 2.45) is 5.92 Å². The van der Waals surface area contributed by atoms with E-state index < -0.39 is 0 Å². The Morgan fingerprint density at radius 3 is 3.00 bits per heavy atom. The molecule has 2 aromatic heterocycles. The summed E-state index contributed by atoms with van der Waals surface area (Å²) >= 11 is 0. The maximum absolute atomic E-state index is 12.7. The lowest BCUT2D eigenvalue weighted by Gasteiger charge is -2.18. The van der Waals surface area contributed by atoms with Gasteiger partial charge in [-0.05, 0) is 43.0 Å². The Bertz CT molecular complexity index is 1030. The number of rotatable bonds is 6. The Morgan fingerprint density at radius 1 is 1.34 bits per heavy atom. The Labute approximate surface area is 170 Å². The van der Waals surface area contributed by atoms with Crippen molar-refractivity contribution >= 4 is 22.7 Å². The van der Waals surface area contributed by atoms with Gasteiger partial charge >= 0.3 is 0 Å². The number of carbonyl (C=O) groups is 2. The van der Waals surface area contributed by atoms with Crippen LogP contribution in [-0.4, -0.2) is 39.3 Å². The van der Waals surface area contributed by atoms with E-state index in [1.54, 1.807) is 17.3 Å². The highest BCUT2D eigenvalue weighted by molar-refractivity contribution is 5.89. The quantitative estimate of drug-likeness (QED) is 0.679. The van der Waals surface area contributed by atoms with Crippen LogP contribution in [0.4, 0.5) is 0 Å². The van der Waals surface area contributed by atoms with E-state index in [9.17, 15) is 9.59 Å². The third-order valence-electron chi connectivity index (χ3n) is 5.61. The fourth-order valence-corrected chi connectivity index (χ4v) is 4.09. The van der Waals surface area contributed by atoms with Gasteiger partial charge in [-0.25, -0.2) is 0 Å². The largest absolute Gasteiger partial charge is 0.361 e. The maximum Gasteiger partial charge on any atom is 0.225 e. The second-order valence-corrected chi connectivity index (χ2v) is 7.96. The van der Waals surface area contributed by atoms with Crippen LogP contribution in [0.15, 0.2) is 48.9 Å². The first-order valence-electron chi connectivity index (χ1n) is 10.0. The van der Waals surface area contributed by atoms with Crippen molar-refractivity contribution in [2.45, 2.75) is 39.3 Å². The molecule has 0 spiro atoms. The second kappa shape index (κ2) is 8.07. The number of fused-ring (bicyclic) bond motifs is 1. The highest BCUT2D eigenvalue weighted by Gasteiger charge is 2.34. The number of likely N-dealkylation sites (tertiary alicyclic amines) is 1. The van der Waals surface area contributed by atoms with Gasteiger partial charge in [0.05, 0.1) is 5.92 Å². The first kappa shape index (κ1) is 19.2. The molecule has 150 valence electrons. The monoisotopic (exact) mass is 390 g/mol. The molecule has 3 aromatic rings. The summed E-state index contributed by atoms with van der Waals surface area (Å²) in [5, 5.41) is 4.30. The Morgan fingerprint density at radius 2 is 2.21 bits per heavy atom. The van der Waals surface area contributed by atoms with Gasteiger partial charge in [0.2, 0.25) is 11.8 Å². The number of nitrogens with one attached hydrogen (secondary N) is 2. The third kappa shape index (κ3) is 4.16. The lowest BCUT2D eigenvalue weighted by atomic mass is 10.0. The van der Waals surface area contributed by atoms with Gasteiger partial charge in [-0.3, -0.25) is 14.6 Å². The minimum atomic E-state index is -0.299. The number of aromatic nitrogens is 2. The zero-order valence-corrected chi connectivity index (χ0v) is 16.8. The molecule has 29 heavy (non-hydrogen) atoms. The third-order valence-corrected chi connectivity index (χ3v) is 5.61. The molecule has 6 heteroatoms. The maximum atomic E-state index is 12.7. The van der Waals surface area contributed by atoms with E-state index in [1.807, 2.05) is 25.3 Å². The number of nitrogens with zero attached hydrogens (tertiary/aromatic N) is 2. The Balaban J connectivity index is 1.35. The van der Waals surface area contributed by atoms with Crippen LogP contribution in [0.3, 0.4) is 0 Å². The van der Waals surface area contributed by atoms with Crippen LogP contribution < -0.4 is 5.32 Å². The molecule has 1 fully saturated rings. The van der Waals surface area contributed by atoms with E-state index in [2.05, 4.69) is 40.4 Å². The Kier molecular flexibility index (Phi) is 5.34. The van der Waals surface area contributed by atoms with Crippen molar-refractivity contribution in [3.63, 3.8) is 0 Å². The van der Waals surface area contributed by atoms with Gasteiger partial charge in [0.25, 0.3) is 0 Å². The number of hydrogen-bond acceptors (Lipinski definition) is 3. The molecule has 2 atom stereocenters. The van der Waals surface area contributed by atoms with Crippen LogP contribution in [0.25, 0.3) is 10.9 Å². The molecule has 3 heterocycles.